The van der Waals surface area contributed by atoms with Crippen LogP contribution in [0.1, 0.15) is 27.7 Å². The third-order valence-corrected chi connectivity index (χ3v) is 4.25. The number of hydrogen-bond acceptors (Lipinski definition) is 12. The van der Waals surface area contributed by atoms with E-state index in [1.807, 2.05) is 0 Å². The maximum Gasteiger partial charge on any atom is 0.303 e. The summed E-state index contributed by atoms with van der Waals surface area (Å²) in [6.45, 7) is 4.05. The first-order valence-corrected chi connectivity index (χ1v) is 9.69. The van der Waals surface area contributed by atoms with Crippen molar-refractivity contribution >= 4 is 29.6 Å². The van der Waals surface area contributed by atoms with Crippen LogP contribution in [0.15, 0.2) is 24.3 Å². The summed E-state index contributed by atoms with van der Waals surface area (Å²) >= 11 is 0. The van der Waals surface area contributed by atoms with Crippen LogP contribution in [0.3, 0.4) is 0 Å². The fourth-order valence-electron chi connectivity index (χ4n) is 3.06. The molecule has 1 aromatic rings. The van der Waals surface area contributed by atoms with Crippen LogP contribution in [0.2, 0.25) is 0 Å². The fourth-order valence-corrected chi connectivity index (χ4v) is 3.06. The average Bonchev–Trinajstić information content (AvgIpc) is 2.70. The van der Waals surface area contributed by atoms with Crippen LogP contribution in [0.4, 0.5) is 5.69 Å². The largest absolute Gasteiger partial charge is 0.463 e. The number of carbonyl (C=O) groups excluding carboxylic acids is 4. The van der Waals surface area contributed by atoms with Crippen molar-refractivity contribution in [3.05, 3.63) is 34.4 Å². The van der Waals surface area contributed by atoms with E-state index in [0.29, 0.717) is 0 Å². The van der Waals surface area contributed by atoms with Gasteiger partial charge in [0.25, 0.3) is 5.69 Å². The Morgan fingerprint density at radius 3 is 1.85 bits per heavy atom. The van der Waals surface area contributed by atoms with Gasteiger partial charge in [-0.15, -0.1) is 0 Å². The molecule has 1 aliphatic heterocycles. The molecule has 1 saturated heterocycles. The first kappa shape index (κ1) is 25.5. The molecular weight excluding hydrogens is 446 g/mol. The summed E-state index contributed by atoms with van der Waals surface area (Å²) in [5, 5.41) is 10.9. The van der Waals surface area contributed by atoms with Crippen molar-refractivity contribution in [2.24, 2.45) is 0 Å². The molecule has 0 bridgehead atoms. The zero-order chi connectivity index (χ0) is 24.7. The average molecular weight is 469 g/mol. The van der Waals surface area contributed by atoms with Crippen LogP contribution in [0.25, 0.3) is 0 Å². The molecule has 0 saturated carbocycles. The molecule has 1 fully saturated rings. The minimum absolute atomic E-state index is 0.0986. The predicted molar refractivity (Wildman–Crippen MR) is 106 cm³/mol. The van der Waals surface area contributed by atoms with Gasteiger partial charge in [0.2, 0.25) is 12.4 Å². The smallest absolute Gasteiger partial charge is 0.303 e. The lowest BCUT2D eigenvalue weighted by molar-refractivity contribution is -0.384. The number of benzene rings is 1. The first-order valence-electron chi connectivity index (χ1n) is 9.69. The third kappa shape index (κ3) is 7.42. The normalized spacial score (nSPS) is 24.2. The summed E-state index contributed by atoms with van der Waals surface area (Å²) in [5.74, 6) is -2.87. The van der Waals surface area contributed by atoms with Crippen molar-refractivity contribution in [2.75, 3.05) is 6.61 Å². The molecule has 0 radical (unpaired) electrons. The molecule has 1 heterocycles. The molecule has 13 heteroatoms. The Labute approximate surface area is 188 Å². The second-order valence-corrected chi connectivity index (χ2v) is 6.94. The lowest BCUT2D eigenvalue weighted by Crippen LogP contribution is -2.63. The minimum atomic E-state index is -1.42. The topological polar surface area (TPSA) is 167 Å². The Kier molecular flexibility index (Phi) is 8.68. The molecule has 0 aliphatic carbocycles. The second-order valence-electron chi connectivity index (χ2n) is 6.94. The SMILES string of the molecule is CC(=O)OCC1O[C@H](Oc2ccc([N+](=O)[O-])cc2)C(OC(C)=O)[C@@H](OC(C)=O)[C@@H]1OC(C)=O. The lowest BCUT2D eigenvalue weighted by Gasteiger charge is -2.43. The number of ether oxygens (including phenoxy) is 6. The molecule has 5 atom stereocenters. The lowest BCUT2D eigenvalue weighted by atomic mass is 9.98. The molecule has 1 aromatic carbocycles. The molecule has 0 aromatic heterocycles. The van der Waals surface area contributed by atoms with E-state index in [1.165, 1.54) is 24.3 Å². The highest BCUT2D eigenvalue weighted by Crippen LogP contribution is 2.31. The highest BCUT2D eigenvalue weighted by molar-refractivity contribution is 5.68. The highest BCUT2D eigenvalue weighted by atomic mass is 16.7. The summed E-state index contributed by atoms with van der Waals surface area (Å²) < 4.78 is 32.3. The van der Waals surface area contributed by atoms with Crippen LogP contribution < -0.4 is 4.74 Å². The number of hydrogen-bond donors (Lipinski definition) is 0. The summed E-state index contributed by atoms with van der Waals surface area (Å²) in [6, 6.07) is 4.93. The first-order chi connectivity index (χ1) is 15.5. The van der Waals surface area contributed by atoms with Gasteiger partial charge in [0.1, 0.15) is 18.5 Å². The van der Waals surface area contributed by atoms with Crippen molar-refractivity contribution in [1.82, 2.24) is 0 Å². The Morgan fingerprint density at radius 1 is 0.848 bits per heavy atom. The quantitative estimate of drug-likeness (QED) is 0.230. The predicted octanol–water partition coefficient (Wildman–Crippen LogP) is 1.06. The summed E-state index contributed by atoms with van der Waals surface area (Å²) in [6.07, 6.45) is -6.69. The van der Waals surface area contributed by atoms with Crippen LogP contribution in [0.5, 0.6) is 5.75 Å². The van der Waals surface area contributed by atoms with E-state index in [-0.39, 0.29) is 11.4 Å². The molecule has 33 heavy (non-hydrogen) atoms. The number of non-ortho nitro benzene ring substituents is 1. The fraction of sp³-hybridized carbons (Fsp3) is 0.500. The molecule has 0 N–H and O–H groups in total. The Bertz CT molecular complexity index is 899. The molecule has 0 spiro atoms. The Balaban J connectivity index is 2.43. The maximum absolute atomic E-state index is 11.8. The molecule has 2 unspecified atom stereocenters. The molecule has 0 amide bonds. The number of nitrogens with zero attached hydrogens (tertiary/aromatic N) is 1. The van der Waals surface area contributed by atoms with Gasteiger partial charge in [-0.3, -0.25) is 29.3 Å². The van der Waals surface area contributed by atoms with E-state index in [9.17, 15) is 29.3 Å². The number of carbonyl (C=O) groups is 4. The van der Waals surface area contributed by atoms with E-state index in [1.54, 1.807) is 0 Å². The number of esters is 4. The van der Waals surface area contributed by atoms with Crippen LogP contribution in [-0.4, -0.2) is 66.1 Å². The van der Waals surface area contributed by atoms with Gasteiger partial charge in [0.05, 0.1) is 4.92 Å². The standard InChI is InChI=1S/C20H23NO12/c1-10(22)28-9-16-17(29-11(2)23)18(30-12(3)24)19(31-13(4)25)20(33-16)32-15-7-5-14(6-8-15)21(26)27/h5-8,16-20H,9H2,1-4H3/t16?,17-,18+,19?,20+/m1/s1. The van der Waals surface area contributed by atoms with Crippen molar-refractivity contribution in [2.45, 2.75) is 58.4 Å². The second kappa shape index (κ2) is 11.2. The number of rotatable bonds is 8. The van der Waals surface area contributed by atoms with Gasteiger partial charge in [-0.1, -0.05) is 0 Å². The van der Waals surface area contributed by atoms with Crippen LogP contribution in [0, 0.1) is 10.1 Å². The Morgan fingerprint density at radius 2 is 1.36 bits per heavy atom. The highest BCUT2D eigenvalue weighted by Gasteiger charge is 2.53. The van der Waals surface area contributed by atoms with Gasteiger partial charge in [0.15, 0.2) is 12.2 Å². The van der Waals surface area contributed by atoms with Gasteiger partial charge in [-0.05, 0) is 12.1 Å². The van der Waals surface area contributed by atoms with Crippen LogP contribution >= 0.6 is 0 Å². The van der Waals surface area contributed by atoms with Crippen molar-refractivity contribution < 1.29 is 52.5 Å². The van der Waals surface area contributed by atoms with E-state index in [2.05, 4.69) is 0 Å². The van der Waals surface area contributed by atoms with Gasteiger partial charge in [0, 0.05) is 39.8 Å². The summed E-state index contributed by atoms with van der Waals surface area (Å²) in [5.41, 5.74) is -0.191. The van der Waals surface area contributed by atoms with E-state index >= 15 is 0 Å². The molecule has 13 nitrogen and oxygen atoms in total. The van der Waals surface area contributed by atoms with Gasteiger partial charge in [-0.25, -0.2) is 0 Å². The van der Waals surface area contributed by atoms with Gasteiger partial charge < -0.3 is 28.4 Å². The maximum atomic E-state index is 11.8. The number of nitro groups is 1. The molecule has 1 aliphatic rings. The molecule has 180 valence electrons. The van der Waals surface area contributed by atoms with E-state index in [0.717, 1.165) is 27.7 Å². The molecular formula is C20H23NO12. The zero-order valence-electron chi connectivity index (χ0n) is 18.2. The monoisotopic (exact) mass is 469 g/mol. The van der Waals surface area contributed by atoms with Crippen molar-refractivity contribution in [3.8, 4) is 5.75 Å². The van der Waals surface area contributed by atoms with Crippen LogP contribution in [-0.2, 0) is 42.9 Å². The van der Waals surface area contributed by atoms with Crippen molar-refractivity contribution in [1.29, 1.82) is 0 Å². The summed E-state index contributed by atoms with van der Waals surface area (Å²) in [4.78, 5) is 56.8. The van der Waals surface area contributed by atoms with E-state index < -0.39 is 66.1 Å². The Hall–Kier alpha value is -3.74. The summed E-state index contributed by atoms with van der Waals surface area (Å²) in [7, 11) is 0. The third-order valence-electron chi connectivity index (χ3n) is 4.25. The minimum Gasteiger partial charge on any atom is -0.463 e. The van der Waals surface area contributed by atoms with E-state index in [4.69, 9.17) is 28.4 Å². The van der Waals surface area contributed by atoms with Crippen molar-refractivity contribution in [3.63, 3.8) is 0 Å². The number of nitro benzene ring substituents is 1. The molecule has 2 rings (SSSR count). The van der Waals surface area contributed by atoms with Gasteiger partial charge >= 0.3 is 23.9 Å². The van der Waals surface area contributed by atoms with Gasteiger partial charge in [-0.2, -0.15) is 0 Å². The zero-order valence-corrected chi connectivity index (χ0v) is 18.2.